The summed E-state index contributed by atoms with van der Waals surface area (Å²) in [6.07, 6.45) is 6.40. The summed E-state index contributed by atoms with van der Waals surface area (Å²) in [6, 6.07) is 7.58. The first-order chi connectivity index (χ1) is 16.9. The first-order valence-electron chi connectivity index (χ1n) is 12.6. The Morgan fingerprint density at radius 3 is 2.57 bits per heavy atom. The van der Waals surface area contributed by atoms with Gasteiger partial charge in [0.15, 0.2) is 6.04 Å². The van der Waals surface area contributed by atoms with Gasteiger partial charge in [0.2, 0.25) is 5.95 Å². The number of nitrogens with zero attached hydrogens (tertiary/aromatic N) is 4. The number of carboxylic acid groups (broad SMARTS) is 1. The van der Waals surface area contributed by atoms with Gasteiger partial charge < -0.3 is 25.0 Å². The number of fused-ring (bicyclic) bond motifs is 1. The molecule has 9 heteroatoms. The van der Waals surface area contributed by atoms with Crippen LogP contribution in [0.3, 0.4) is 0 Å². The molecule has 35 heavy (non-hydrogen) atoms. The van der Waals surface area contributed by atoms with Crippen LogP contribution in [0.2, 0.25) is 0 Å². The molecular weight excluding hydrogens is 446 g/mol. The molecule has 2 aromatic rings. The van der Waals surface area contributed by atoms with Gasteiger partial charge in [0, 0.05) is 23.8 Å². The Morgan fingerprint density at radius 1 is 1.14 bits per heavy atom. The normalized spacial score (nSPS) is 20.9. The van der Waals surface area contributed by atoms with E-state index in [2.05, 4.69) is 34.6 Å². The van der Waals surface area contributed by atoms with Gasteiger partial charge in [-0.2, -0.15) is 4.98 Å². The maximum Gasteiger partial charge on any atom is 0.328 e. The highest BCUT2D eigenvalue weighted by Crippen LogP contribution is 2.35. The molecule has 3 heterocycles. The molecule has 9 nitrogen and oxygen atoms in total. The minimum Gasteiger partial charge on any atom is -0.480 e. The average molecular weight is 480 g/mol. The van der Waals surface area contributed by atoms with Gasteiger partial charge in [-0.15, -0.1) is 0 Å². The van der Waals surface area contributed by atoms with Gasteiger partial charge in [-0.25, -0.2) is 9.78 Å². The second-order valence-electron chi connectivity index (χ2n) is 9.93. The van der Waals surface area contributed by atoms with E-state index in [-0.39, 0.29) is 24.5 Å². The van der Waals surface area contributed by atoms with Crippen molar-refractivity contribution in [3.8, 4) is 0 Å². The Labute approximate surface area is 205 Å². The number of amides is 1. The molecule has 1 saturated heterocycles. The molecule has 1 aromatic heterocycles. The fourth-order valence-electron chi connectivity index (χ4n) is 5.28. The van der Waals surface area contributed by atoms with Crippen LogP contribution < -0.4 is 10.2 Å². The number of carbonyl (C=O) groups is 2. The molecule has 2 fully saturated rings. The van der Waals surface area contributed by atoms with E-state index < -0.39 is 12.0 Å². The molecule has 1 aromatic carbocycles. The summed E-state index contributed by atoms with van der Waals surface area (Å²) in [6.45, 7) is 5.12. The molecule has 186 valence electrons. The lowest BCUT2D eigenvalue weighted by Crippen LogP contribution is -2.51. The Balaban J connectivity index is 1.48. The molecule has 1 aliphatic carbocycles. The molecule has 1 atom stereocenters. The number of carbonyl (C=O) groups excluding carboxylic acids is 1. The van der Waals surface area contributed by atoms with Gasteiger partial charge in [-0.05, 0) is 50.3 Å². The van der Waals surface area contributed by atoms with Crippen LogP contribution in [-0.2, 0) is 16.1 Å². The predicted octanol–water partition coefficient (Wildman–Crippen LogP) is 3.92. The number of morpholine rings is 1. The monoisotopic (exact) mass is 479 g/mol. The second kappa shape index (κ2) is 9.81. The van der Waals surface area contributed by atoms with E-state index in [1.165, 1.54) is 37.7 Å². The number of ether oxygens (including phenoxy) is 1. The topological polar surface area (TPSA) is 108 Å². The van der Waals surface area contributed by atoms with Crippen molar-refractivity contribution < 1.29 is 19.4 Å². The quantitative estimate of drug-likeness (QED) is 0.642. The Morgan fingerprint density at radius 2 is 1.89 bits per heavy atom. The maximum atomic E-state index is 13.2. The SMILES string of the molecule is CC(C)N1Cc2c(Nc3ccc(C4CCCCC4)cc3)nc(N3CCOC[C@H]3C(=O)O)nc2C1=O. The smallest absolute Gasteiger partial charge is 0.328 e. The fourth-order valence-corrected chi connectivity index (χ4v) is 5.28. The van der Waals surface area contributed by atoms with Crippen LogP contribution in [0.25, 0.3) is 0 Å². The minimum atomic E-state index is -1.00. The lowest BCUT2D eigenvalue weighted by Gasteiger charge is -2.33. The average Bonchev–Trinajstić information content (AvgIpc) is 3.22. The van der Waals surface area contributed by atoms with Crippen molar-refractivity contribution in [1.29, 1.82) is 0 Å². The summed E-state index contributed by atoms with van der Waals surface area (Å²) in [4.78, 5) is 37.7. The van der Waals surface area contributed by atoms with Gasteiger partial charge in [-0.3, -0.25) is 4.79 Å². The van der Waals surface area contributed by atoms with Crippen LogP contribution in [0.15, 0.2) is 24.3 Å². The summed E-state index contributed by atoms with van der Waals surface area (Å²) in [5, 5.41) is 13.1. The number of rotatable bonds is 6. The molecule has 1 amide bonds. The second-order valence-corrected chi connectivity index (χ2v) is 9.93. The molecule has 0 unspecified atom stereocenters. The highest BCUT2D eigenvalue weighted by molar-refractivity contribution is 5.98. The van der Waals surface area contributed by atoms with Crippen molar-refractivity contribution in [3.63, 3.8) is 0 Å². The molecule has 3 aliphatic rings. The standard InChI is InChI=1S/C26H33N5O4/c1-16(2)31-14-20-22(24(31)32)28-26(30-12-13-35-15-21(30)25(33)34)29-23(20)27-19-10-8-18(9-11-19)17-6-4-3-5-7-17/h8-11,16-17,21H,3-7,12-15H2,1-2H3,(H,33,34)(H,27,28,29)/t21-/m0/s1. The number of nitrogens with one attached hydrogen (secondary N) is 1. The third-order valence-corrected chi connectivity index (χ3v) is 7.33. The first-order valence-corrected chi connectivity index (χ1v) is 12.6. The van der Waals surface area contributed by atoms with Crippen LogP contribution in [0.1, 0.15) is 73.5 Å². The van der Waals surface area contributed by atoms with Gasteiger partial charge in [0.25, 0.3) is 5.91 Å². The zero-order valence-electron chi connectivity index (χ0n) is 20.4. The van der Waals surface area contributed by atoms with Crippen molar-refractivity contribution >= 4 is 29.3 Å². The van der Waals surface area contributed by atoms with Crippen LogP contribution >= 0.6 is 0 Å². The Hall–Kier alpha value is -3.20. The third kappa shape index (κ3) is 4.69. The van der Waals surface area contributed by atoms with Crippen LogP contribution in [0.5, 0.6) is 0 Å². The van der Waals surface area contributed by atoms with Crippen molar-refractivity contribution in [2.24, 2.45) is 0 Å². The van der Waals surface area contributed by atoms with Gasteiger partial charge >= 0.3 is 5.97 Å². The minimum absolute atomic E-state index is 0.0120. The summed E-state index contributed by atoms with van der Waals surface area (Å²) in [5.41, 5.74) is 3.32. The van der Waals surface area contributed by atoms with Crippen molar-refractivity contribution in [2.75, 3.05) is 30.0 Å². The predicted molar refractivity (Wildman–Crippen MR) is 132 cm³/mol. The number of anilines is 3. The van der Waals surface area contributed by atoms with E-state index in [0.717, 1.165) is 11.3 Å². The molecule has 2 aliphatic heterocycles. The highest BCUT2D eigenvalue weighted by atomic mass is 16.5. The van der Waals surface area contributed by atoms with E-state index >= 15 is 0 Å². The highest BCUT2D eigenvalue weighted by Gasteiger charge is 2.37. The van der Waals surface area contributed by atoms with E-state index in [1.807, 2.05) is 13.8 Å². The van der Waals surface area contributed by atoms with Gasteiger partial charge in [0.05, 0.1) is 19.8 Å². The van der Waals surface area contributed by atoms with Gasteiger partial charge in [0.1, 0.15) is 11.5 Å². The fraction of sp³-hybridized carbons (Fsp3) is 0.538. The molecule has 1 saturated carbocycles. The van der Waals surface area contributed by atoms with Crippen molar-refractivity contribution in [3.05, 3.63) is 41.1 Å². The summed E-state index contributed by atoms with van der Waals surface area (Å²) >= 11 is 0. The summed E-state index contributed by atoms with van der Waals surface area (Å²) < 4.78 is 5.38. The number of hydrogen-bond acceptors (Lipinski definition) is 7. The zero-order valence-corrected chi connectivity index (χ0v) is 20.4. The molecular formula is C26H33N5O4. The van der Waals surface area contributed by atoms with E-state index in [0.29, 0.717) is 37.1 Å². The number of carboxylic acids is 1. The van der Waals surface area contributed by atoms with E-state index in [1.54, 1.807) is 9.80 Å². The van der Waals surface area contributed by atoms with Crippen LogP contribution in [0.4, 0.5) is 17.5 Å². The van der Waals surface area contributed by atoms with Crippen molar-refractivity contribution in [1.82, 2.24) is 14.9 Å². The number of aliphatic carboxylic acids is 1. The molecule has 0 radical (unpaired) electrons. The largest absolute Gasteiger partial charge is 0.480 e. The molecule has 0 spiro atoms. The van der Waals surface area contributed by atoms with E-state index in [9.17, 15) is 14.7 Å². The summed E-state index contributed by atoms with van der Waals surface area (Å²) in [7, 11) is 0. The number of aromatic nitrogens is 2. The molecule has 2 N–H and O–H groups in total. The van der Waals surface area contributed by atoms with Crippen LogP contribution in [0, 0.1) is 0 Å². The lowest BCUT2D eigenvalue weighted by molar-refractivity contribution is -0.141. The van der Waals surface area contributed by atoms with Crippen molar-refractivity contribution in [2.45, 2.75) is 70.5 Å². The molecule has 5 rings (SSSR count). The van der Waals surface area contributed by atoms with Gasteiger partial charge in [-0.1, -0.05) is 31.4 Å². The molecule has 0 bridgehead atoms. The zero-order chi connectivity index (χ0) is 24.5. The maximum absolute atomic E-state index is 13.2. The number of hydrogen-bond donors (Lipinski definition) is 2. The summed E-state index contributed by atoms with van der Waals surface area (Å²) in [5.74, 6) is 0.243. The Kier molecular flexibility index (Phi) is 6.60. The Bertz CT molecular complexity index is 1100. The third-order valence-electron chi connectivity index (χ3n) is 7.33. The van der Waals surface area contributed by atoms with Crippen LogP contribution in [-0.4, -0.2) is 63.7 Å². The lowest BCUT2D eigenvalue weighted by atomic mass is 9.84. The number of benzene rings is 1. The van der Waals surface area contributed by atoms with E-state index in [4.69, 9.17) is 9.72 Å². The first kappa shape index (κ1) is 23.5.